The summed E-state index contributed by atoms with van der Waals surface area (Å²) >= 11 is 0. The second-order valence-electron chi connectivity index (χ2n) is 8.20. The van der Waals surface area contributed by atoms with Crippen molar-refractivity contribution in [3.8, 4) is 0 Å². The van der Waals surface area contributed by atoms with Gasteiger partial charge < -0.3 is 19.8 Å². The molecule has 180 valence electrons. The number of likely N-dealkylation sites (tertiary alicyclic amines) is 1. The van der Waals surface area contributed by atoms with E-state index in [-0.39, 0.29) is 29.5 Å². The van der Waals surface area contributed by atoms with Crippen molar-refractivity contribution in [1.29, 1.82) is 0 Å². The quantitative estimate of drug-likeness (QED) is 0.381. The number of aromatic nitrogens is 5. The van der Waals surface area contributed by atoms with Crippen molar-refractivity contribution in [3.63, 3.8) is 0 Å². The summed E-state index contributed by atoms with van der Waals surface area (Å²) in [6.07, 6.45) is 3.99. The van der Waals surface area contributed by atoms with Crippen LogP contribution in [0.5, 0.6) is 0 Å². The Morgan fingerprint density at radius 1 is 1.37 bits per heavy atom. The van der Waals surface area contributed by atoms with Crippen molar-refractivity contribution in [2.75, 3.05) is 37.9 Å². The second-order valence-corrected chi connectivity index (χ2v) is 8.20. The molecule has 0 radical (unpaired) electrons. The third-order valence-electron chi connectivity index (χ3n) is 6.00. The molecule has 0 spiro atoms. The van der Waals surface area contributed by atoms with Gasteiger partial charge in [-0.2, -0.15) is 10.1 Å². The number of rotatable bonds is 7. The third kappa shape index (κ3) is 4.19. The summed E-state index contributed by atoms with van der Waals surface area (Å²) in [6, 6.07) is 5.48. The molecule has 4 aromatic rings. The van der Waals surface area contributed by atoms with Crippen molar-refractivity contribution in [3.05, 3.63) is 48.4 Å². The first-order valence-electron chi connectivity index (χ1n) is 11.1. The smallest absolute Gasteiger partial charge is 0.302 e. The van der Waals surface area contributed by atoms with E-state index in [2.05, 4.69) is 31.9 Å². The lowest BCUT2D eigenvalue weighted by Gasteiger charge is -2.14. The fraction of sp³-hybridized carbons (Fsp3) is 0.304. The van der Waals surface area contributed by atoms with E-state index in [4.69, 9.17) is 14.9 Å². The molecule has 12 heteroatoms. The number of nitrogens with one attached hydrogen (secondary N) is 1. The normalized spacial score (nSPS) is 15.7. The Morgan fingerprint density at radius 2 is 2.23 bits per heavy atom. The van der Waals surface area contributed by atoms with Crippen molar-refractivity contribution >= 4 is 45.8 Å². The molecule has 3 aromatic heterocycles. The van der Waals surface area contributed by atoms with E-state index in [9.17, 15) is 9.59 Å². The number of benzene rings is 1. The van der Waals surface area contributed by atoms with Gasteiger partial charge in [0.15, 0.2) is 16.9 Å². The average Bonchev–Trinajstić information content (AvgIpc) is 3.58. The monoisotopic (exact) mass is 476 g/mol. The van der Waals surface area contributed by atoms with Gasteiger partial charge in [-0.3, -0.25) is 14.9 Å². The van der Waals surface area contributed by atoms with E-state index >= 15 is 0 Å². The zero-order valence-electron chi connectivity index (χ0n) is 19.1. The molecule has 4 heterocycles. The fourth-order valence-electron chi connectivity index (χ4n) is 4.24. The average molecular weight is 476 g/mol. The predicted octanol–water partition coefficient (Wildman–Crippen LogP) is 1.95. The molecule has 1 aliphatic rings. The lowest BCUT2D eigenvalue weighted by atomic mass is 10.1. The number of nitrogens with zero attached hydrogens (tertiary/aromatic N) is 6. The minimum atomic E-state index is -0.557. The molecule has 12 nitrogen and oxygen atoms in total. The number of methoxy groups -OCH3 is 1. The number of nitrogens with two attached hydrogens (primary N) is 1. The lowest BCUT2D eigenvalue weighted by Crippen LogP contribution is -2.27. The molecule has 0 saturated carbocycles. The SMILES string of the molecule is C=CC(=O)N1CC[C@@H](n2nc(C(=O)Nc3nc4cc(CCOC)ccc4o3)c3c(N)ncnc32)C1. The number of amides is 2. The Bertz CT molecular complexity index is 1440. The number of oxazole rings is 1. The van der Waals surface area contributed by atoms with Gasteiger partial charge in [-0.1, -0.05) is 12.6 Å². The Balaban J connectivity index is 1.44. The number of ether oxygens (including phenoxy) is 1. The summed E-state index contributed by atoms with van der Waals surface area (Å²) in [6.45, 7) is 5.10. The second kappa shape index (κ2) is 9.14. The Morgan fingerprint density at radius 3 is 3.03 bits per heavy atom. The zero-order chi connectivity index (χ0) is 24.5. The number of nitrogen functional groups attached to an aromatic ring is 1. The van der Waals surface area contributed by atoms with Crippen molar-refractivity contribution < 1.29 is 18.7 Å². The maximum absolute atomic E-state index is 13.2. The van der Waals surface area contributed by atoms with Crippen LogP contribution in [0.15, 0.2) is 41.6 Å². The van der Waals surface area contributed by atoms with Crippen LogP contribution in [0.3, 0.4) is 0 Å². The van der Waals surface area contributed by atoms with E-state index < -0.39 is 5.91 Å². The van der Waals surface area contributed by atoms with Crippen LogP contribution in [0.4, 0.5) is 11.8 Å². The molecule has 1 aliphatic heterocycles. The molecule has 0 aliphatic carbocycles. The summed E-state index contributed by atoms with van der Waals surface area (Å²) in [4.78, 5) is 39.6. The van der Waals surface area contributed by atoms with Crippen LogP contribution in [-0.4, -0.2) is 68.3 Å². The van der Waals surface area contributed by atoms with Crippen LogP contribution in [0.2, 0.25) is 0 Å². The molecular formula is C23H24N8O4. The van der Waals surface area contributed by atoms with Crippen LogP contribution >= 0.6 is 0 Å². The lowest BCUT2D eigenvalue weighted by molar-refractivity contribution is -0.125. The number of anilines is 2. The van der Waals surface area contributed by atoms with Crippen LogP contribution < -0.4 is 11.1 Å². The third-order valence-corrected chi connectivity index (χ3v) is 6.00. The van der Waals surface area contributed by atoms with Crippen molar-refractivity contribution in [2.24, 2.45) is 0 Å². The maximum atomic E-state index is 13.2. The highest BCUT2D eigenvalue weighted by molar-refractivity contribution is 6.12. The summed E-state index contributed by atoms with van der Waals surface area (Å²) in [7, 11) is 1.65. The molecule has 5 rings (SSSR count). The molecule has 1 atom stereocenters. The first-order valence-corrected chi connectivity index (χ1v) is 11.1. The highest BCUT2D eigenvalue weighted by Crippen LogP contribution is 2.29. The first-order chi connectivity index (χ1) is 17.0. The van der Waals surface area contributed by atoms with Gasteiger partial charge in [0, 0.05) is 20.2 Å². The van der Waals surface area contributed by atoms with Crippen LogP contribution in [0, 0.1) is 0 Å². The van der Waals surface area contributed by atoms with E-state index in [1.165, 1.54) is 12.4 Å². The van der Waals surface area contributed by atoms with Gasteiger partial charge in [0.05, 0.1) is 18.0 Å². The van der Waals surface area contributed by atoms with Crippen LogP contribution in [0.1, 0.15) is 28.5 Å². The summed E-state index contributed by atoms with van der Waals surface area (Å²) in [5.74, 6) is -0.584. The minimum absolute atomic E-state index is 0.0376. The molecule has 3 N–H and O–H groups in total. The first kappa shape index (κ1) is 22.5. The standard InChI is InChI=1S/C23H24N8O4/c1-3-17(32)30-8-6-14(11-30)31-21-18(20(24)25-12-26-21)19(29-31)22(33)28-23-27-15-10-13(7-9-34-2)4-5-16(15)35-23/h3-5,10,12,14H,1,6-9,11H2,2H3,(H2,24,25,26)(H,27,28,33)/t14-/m1/s1. The zero-order valence-corrected chi connectivity index (χ0v) is 19.1. The molecule has 1 saturated heterocycles. The van der Waals surface area contributed by atoms with E-state index in [0.717, 1.165) is 12.0 Å². The van der Waals surface area contributed by atoms with Gasteiger partial charge in [-0.25, -0.2) is 14.6 Å². The molecular weight excluding hydrogens is 452 g/mol. The summed E-state index contributed by atoms with van der Waals surface area (Å²) < 4.78 is 12.4. The Hall–Kier alpha value is -4.32. The predicted molar refractivity (Wildman–Crippen MR) is 128 cm³/mol. The van der Waals surface area contributed by atoms with Crippen LogP contribution in [-0.2, 0) is 16.0 Å². The maximum Gasteiger partial charge on any atom is 0.302 e. The number of fused-ring (bicyclic) bond motifs is 2. The van der Waals surface area contributed by atoms with Gasteiger partial charge in [0.25, 0.3) is 5.91 Å². The minimum Gasteiger partial charge on any atom is -0.423 e. The summed E-state index contributed by atoms with van der Waals surface area (Å²) in [5, 5.41) is 7.52. The number of carbonyl (C=O) groups excluding carboxylic acids is 2. The molecule has 0 bridgehead atoms. The summed E-state index contributed by atoms with van der Waals surface area (Å²) in [5.41, 5.74) is 8.77. The van der Waals surface area contributed by atoms with Gasteiger partial charge in [-0.15, -0.1) is 0 Å². The fourth-order valence-corrected chi connectivity index (χ4v) is 4.24. The largest absolute Gasteiger partial charge is 0.423 e. The molecule has 35 heavy (non-hydrogen) atoms. The van der Waals surface area contributed by atoms with Gasteiger partial charge in [0.2, 0.25) is 5.91 Å². The van der Waals surface area contributed by atoms with Crippen molar-refractivity contribution in [1.82, 2.24) is 29.6 Å². The topological polar surface area (TPSA) is 154 Å². The Kier molecular flexibility index (Phi) is 5.87. The van der Waals surface area contributed by atoms with E-state index in [1.54, 1.807) is 22.8 Å². The van der Waals surface area contributed by atoms with Crippen LogP contribution in [0.25, 0.3) is 22.1 Å². The van der Waals surface area contributed by atoms with Gasteiger partial charge >= 0.3 is 6.01 Å². The number of carbonyl (C=O) groups is 2. The molecule has 0 unspecified atom stereocenters. The highest BCUT2D eigenvalue weighted by Gasteiger charge is 2.31. The molecule has 1 fully saturated rings. The highest BCUT2D eigenvalue weighted by atomic mass is 16.5. The molecule has 1 aromatic carbocycles. The van der Waals surface area contributed by atoms with Gasteiger partial charge in [-0.05, 0) is 36.6 Å². The van der Waals surface area contributed by atoms with E-state index in [0.29, 0.717) is 48.3 Å². The van der Waals surface area contributed by atoms with Crippen molar-refractivity contribution in [2.45, 2.75) is 18.9 Å². The van der Waals surface area contributed by atoms with E-state index in [1.807, 2.05) is 12.1 Å². The molecule has 2 amide bonds. The Labute approximate surface area is 199 Å². The number of hydrogen-bond acceptors (Lipinski definition) is 9. The number of hydrogen-bond donors (Lipinski definition) is 2. The van der Waals surface area contributed by atoms with Gasteiger partial charge in [0.1, 0.15) is 17.7 Å².